The van der Waals surface area contributed by atoms with Gasteiger partial charge in [0, 0.05) is 52.2 Å². The van der Waals surface area contributed by atoms with E-state index in [1.54, 1.807) is 19.0 Å². The highest BCUT2D eigenvalue weighted by molar-refractivity contribution is 5.85. The predicted molar refractivity (Wildman–Crippen MR) is 90.2 cm³/mol. The fraction of sp³-hybridized carbons (Fsp3) is 0.812. The Balaban J connectivity index is 2.06. The number of fused-ring (bicyclic) bond motifs is 1. The molecule has 2 aliphatic heterocycles. The van der Waals surface area contributed by atoms with E-state index in [4.69, 9.17) is 0 Å². The summed E-state index contributed by atoms with van der Waals surface area (Å²) in [4.78, 5) is 33.9. The topological polar surface area (TPSA) is 68.2 Å². The molecule has 2 rings (SSSR count). The Morgan fingerprint density at radius 2 is 2.17 bits per heavy atom. The summed E-state index contributed by atoms with van der Waals surface area (Å²) in [6.45, 7) is 6.68. The molecule has 0 saturated carbocycles. The number of hydrogen-bond acceptors (Lipinski definition) is 3. The fourth-order valence-corrected chi connectivity index (χ4v) is 2.90. The van der Waals surface area contributed by atoms with Crippen LogP contribution in [0.3, 0.4) is 0 Å². The van der Waals surface area contributed by atoms with Crippen LogP contribution in [0.4, 0.5) is 0 Å². The first-order chi connectivity index (χ1) is 10.9. The maximum Gasteiger partial charge on any atom is 0.243 e. The van der Waals surface area contributed by atoms with Crippen LogP contribution in [-0.2, 0) is 9.59 Å². The number of carbonyl (C=O) groups excluding carboxylic acids is 2. The van der Waals surface area contributed by atoms with Crippen LogP contribution in [0.15, 0.2) is 4.99 Å². The van der Waals surface area contributed by atoms with Crippen molar-refractivity contribution in [2.45, 2.75) is 45.2 Å². The van der Waals surface area contributed by atoms with E-state index in [0.717, 1.165) is 38.4 Å². The first-order valence-corrected chi connectivity index (χ1v) is 8.48. The molecule has 23 heavy (non-hydrogen) atoms. The molecule has 0 aromatic heterocycles. The number of amides is 2. The zero-order valence-electron chi connectivity index (χ0n) is 14.7. The van der Waals surface area contributed by atoms with E-state index in [-0.39, 0.29) is 24.4 Å². The Kier molecular flexibility index (Phi) is 5.85. The number of guanidine groups is 1. The average Bonchev–Trinajstić information content (AvgIpc) is 2.91. The first kappa shape index (κ1) is 17.6. The van der Waals surface area contributed by atoms with Gasteiger partial charge in [-0.2, -0.15) is 0 Å². The zero-order valence-corrected chi connectivity index (χ0v) is 14.7. The van der Waals surface area contributed by atoms with Crippen LogP contribution >= 0.6 is 0 Å². The van der Waals surface area contributed by atoms with Crippen LogP contribution in [0.2, 0.25) is 0 Å². The minimum Gasteiger partial charge on any atom is -0.354 e. The fourth-order valence-electron chi connectivity index (χ4n) is 2.90. The van der Waals surface area contributed by atoms with Crippen molar-refractivity contribution in [1.82, 2.24) is 20.0 Å². The van der Waals surface area contributed by atoms with E-state index >= 15 is 0 Å². The average molecular weight is 323 g/mol. The van der Waals surface area contributed by atoms with E-state index in [9.17, 15) is 9.59 Å². The summed E-state index contributed by atoms with van der Waals surface area (Å²) in [5, 5.41) is 3.42. The minimum absolute atomic E-state index is 0.0110. The summed E-state index contributed by atoms with van der Waals surface area (Å²) in [5.41, 5.74) is 0. The maximum atomic E-state index is 11.8. The molecular formula is C16H29N5O2. The second-order valence-electron chi connectivity index (χ2n) is 6.61. The Labute approximate surface area is 138 Å². The molecule has 0 bridgehead atoms. The van der Waals surface area contributed by atoms with Crippen molar-refractivity contribution in [2.75, 3.05) is 40.3 Å². The molecule has 0 aliphatic carbocycles. The van der Waals surface area contributed by atoms with Crippen molar-refractivity contribution >= 4 is 17.8 Å². The van der Waals surface area contributed by atoms with Crippen LogP contribution in [0.1, 0.15) is 33.1 Å². The largest absolute Gasteiger partial charge is 0.354 e. The van der Waals surface area contributed by atoms with Gasteiger partial charge in [-0.25, -0.2) is 4.99 Å². The van der Waals surface area contributed by atoms with Gasteiger partial charge in [0.2, 0.25) is 11.8 Å². The third-order valence-corrected chi connectivity index (χ3v) is 4.64. The molecular weight excluding hydrogens is 294 g/mol. The number of nitrogens with one attached hydrogen (secondary N) is 1. The Morgan fingerprint density at radius 3 is 2.83 bits per heavy atom. The summed E-state index contributed by atoms with van der Waals surface area (Å²) in [7, 11) is 3.48. The molecule has 7 heteroatoms. The number of carbonyl (C=O) groups is 2. The molecule has 0 aromatic carbocycles. The summed E-state index contributed by atoms with van der Waals surface area (Å²) in [5.74, 6) is 1.04. The van der Waals surface area contributed by atoms with Crippen molar-refractivity contribution in [1.29, 1.82) is 0 Å². The number of rotatable bonds is 4. The van der Waals surface area contributed by atoms with E-state index in [0.29, 0.717) is 12.5 Å². The molecule has 2 unspecified atom stereocenters. The second kappa shape index (κ2) is 7.66. The Hall–Kier alpha value is -1.79. The van der Waals surface area contributed by atoms with Crippen molar-refractivity contribution in [3.63, 3.8) is 0 Å². The maximum absolute atomic E-state index is 11.8. The lowest BCUT2D eigenvalue weighted by atomic mass is 10.1. The van der Waals surface area contributed by atoms with E-state index in [1.165, 1.54) is 0 Å². The third kappa shape index (κ3) is 4.36. The molecule has 1 N–H and O–H groups in total. The molecule has 0 spiro atoms. The van der Waals surface area contributed by atoms with Gasteiger partial charge in [-0.1, -0.05) is 6.92 Å². The molecule has 2 aliphatic rings. The van der Waals surface area contributed by atoms with Crippen LogP contribution in [0.25, 0.3) is 0 Å². The normalized spacial score (nSPS) is 22.9. The molecule has 2 fully saturated rings. The van der Waals surface area contributed by atoms with Crippen molar-refractivity contribution in [3.05, 3.63) is 0 Å². The zero-order chi connectivity index (χ0) is 17.0. The molecule has 7 nitrogen and oxygen atoms in total. The van der Waals surface area contributed by atoms with Gasteiger partial charge < -0.3 is 20.0 Å². The molecule has 130 valence electrons. The van der Waals surface area contributed by atoms with Gasteiger partial charge in [0.25, 0.3) is 0 Å². The number of aliphatic imine (C=N–C) groups is 1. The van der Waals surface area contributed by atoms with Gasteiger partial charge in [-0.05, 0) is 19.8 Å². The second-order valence-corrected chi connectivity index (χ2v) is 6.61. The third-order valence-electron chi connectivity index (χ3n) is 4.64. The highest BCUT2D eigenvalue weighted by Gasteiger charge is 2.36. The van der Waals surface area contributed by atoms with Gasteiger partial charge in [-0.15, -0.1) is 0 Å². The highest BCUT2D eigenvalue weighted by Crippen LogP contribution is 2.22. The highest BCUT2D eigenvalue weighted by atomic mass is 16.2. The monoisotopic (exact) mass is 323 g/mol. The summed E-state index contributed by atoms with van der Waals surface area (Å²) in [6.07, 6.45) is 2.56. The lowest BCUT2D eigenvalue weighted by molar-refractivity contribution is -0.130. The van der Waals surface area contributed by atoms with Gasteiger partial charge in [0.05, 0.1) is 0 Å². The van der Waals surface area contributed by atoms with Crippen molar-refractivity contribution in [2.24, 2.45) is 4.99 Å². The van der Waals surface area contributed by atoms with Crippen LogP contribution in [0, 0.1) is 0 Å². The molecule has 0 aromatic rings. The smallest absolute Gasteiger partial charge is 0.243 e. The van der Waals surface area contributed by atoms with E-state index in [2.05, 4.69) is 29.1 Å². The van der Waals surface area contributed by atoms with E-state index in [1.807, 2.05) is 4.90 Å². The quantitative estimate of drug-likeness (QED) is 0.590. The van der Waals surface area contributed by atoms with Gasteiger partial charge in [0.1, 0.15) is 6.54 Å². The minimum atomic E-state index is -0.0110. The lowest BCUT2D eigenvalue weighted by Gasteiger charge is -2.39. The summed E-state index contributed by atoms with van der Waals surface area (Å²) >= 11 is 0. The number of likely N-dealkylation sites (N-methyl/N-ethyl adjacent to an activating group) is 1. The molecule has 2 amide bonds. The Bertz CT molecular complexity index is 477. The standard InChI is InChI=1S/C16H29N5O2/c1-5-12(2)18-16(17-10-15(23)19(3)4)20-8-9-21-13(11-20)6-7-14(21)22/h12-13H,5-11H2,1-4H3,(H,17,18). The van der Waals surface area contributed by atoms with Gasteiger partial charge in [-0.3, -0.25) is 9.59 Å². The molecule has 2 atom stereocenters. The SMILES string of the molecule is CCC(C)NC(=NCC(=O)N(C)C)N1CCN2C(=O)CCC2C1. The summed E-state index contributed by atoms with van der Waals surface area (Å²) < 4.78 is 0. The lowest BCUT2D eigenvalue weighted by Crippen LogP contribution is -2.57. The number of nitrogens with zero attached hydrogens (tertiary/aromatic N) is 4. The predicted octanol–water partition coefficient (Wildman–Crippen LogP) is 0.125. The van der Waals surface area contributed by atoms with Crippen molar-refractivity contribution in [3.8, 4) is 0 Å². The van der Waals surface area contributed by atoms with Crippen molar-refractivity contribution < 1.29 is 9.59 Å². The number of piperazine rings is 1. The number of hydrogen-bond donors (Lipinski definition) is 1. The Morgan fingerprint density at radius 1 is 1.43 bits per heavy atom. The van der Waals surface area contributed by atoms with Crippen LogP contribution in [-0.4, -0.2) is 84.8 Å². The summed E-state index contributed by atoms with van der Waals surface area (Å²) in [6, 6.07) is 0.580. The van der Waals surface area contributed by atoms with E-state index < -0.39 is 0 Å². The first-order valence-electron chi connectivity index (χ1n) is 8.48. The van der Waals surface area contributed by atoms with Gasteiger partial charge in [0.15, 0.2) is 5.96 Å². The molecule has 2 heterocycles. The van der Waals surface area contributed by atoms with Gasteiger partial charge >= 0.3 is 0 Å². The van der Waals surface area contributed by atoms with Crippen LogP contribution < -0.4 is 5.32 Å². The van der Waals surface area contributed by atoms with Crippen LogP contribution in [0.5, 0.6) is 0 Å². The molecule has 2 saturated heterocycles. The molecule has 0 radical (unpaired) electrons.